The van der Waals surface area contributed by atoms with E-state index in [2.05, 4.69) is 70.5 Å². The van der Waals surface area contributed by atoms with Gasteiger partial charge in [-0.2, -0.15) is 0 Å². The van der Waals surface area contributed by atoms with Crippen LogP contribution >= 0.6 is 0 Å². The second kappa shape index (κ2) is 12.9. The van der Waals surface area contributed by atoms with Gasteiger partial charge in [0.2, 0.25) is 0 Å². The fourth-order valence-electron chi connectivity index (χ4n) is 7.52. The van der Waals surface area contributed by atoms with Gasteiger partial charge in [-0.05, 0) is 67.9 Å². The Morgan fingerprint density at radius 3 is 2.22 bits per heavy atom. The topological polar surface area (TPSA) is 46.9 Å². The maximum atomic E-state index is 11.3. The summed E-state index contributed by atoms with van der Waals surface area (Å²) in [7, 11) is 0. The second-order valence-corrected chi connectivity index (χ2v) is 12.2. The Labute approximate surface area is 224 Å². The Hall–Kier alpha value is -1.72. The van der Waals surface area contributed by atoms with Crippen LogP contribution in [0.5, 0.6) is 0 Å². The van der Waals surface area contributed by atoms with E-state index in [9.17, 15) is 10.2 Å². The third kappa shape index (κ3) is 7.03. The third-order valence-electron chi connectivity index (χ3n) is 9.78. The predicted octanol–water partition coefficient (Wildman–Crippen LogP) is 5.49. The van der Waals surface area contributed by atoms with Gasteiger partial charge >= 0.3 is 0 Å². The van der Waals surface area contributed by atoms with Gasteiger partial charge in [-0.15, -0.1) is 0 Å². The number of aryl methyl sites for hydroxylation is 1. The highest BCUT2D eigenvalue weighted by atomic mass is 16.3. The molecule has 3 aliphatic rings. The van der Waals surface area contributed by atoms with E-state index < -0.39 is 5.60 Å². The molecule has 37 heavy (non-hydrogen) atoms. The van der Waals surface area contributed by atoms with E-state index in [1.54, 1.807) is 0 Å². The van der Waals surface area contributed by atoms with Crippen LogP contribution in [0.4, 0.5) is 0 Å². The van der Waals surface area contributed by atoms with Gasteiger partial charge in [0.1, 0.15) is 0 Å². The molecule has 2 saturated heterocycles. The number of nitrogens with zero attached hydrogens (tertiary/aromatic N) is 2. The van der Waals surface area contributed by atoms with E-state index >= 15 is 0 Å². The summed E-state index contributed by atoms with van der Waals surface area (Å²) in [4.78, 5) is 5.26. The van der Waals surface area contributed by atoms with E-state index in [1.807, 2.05) is 0 Å². The summed E-state index contributed by atoms with van der Waals surface area (Å²) >= 11 is 0. The Morgan fingerprint density at radius 1 is 0.865 bits per heavy atom. The highest BCUT2D eigenvalue weighted by molar-refractivity contribution is 5.23. The van der Waals surface area contributed by atoms with Gasteiger partial charge in [0.25, 0.3) is 0 Å². The number of hydrogen-bond donors (Lipinski definition) is 2. The van der Waals surface area contributed by atoms with Crippen molar-refractivity contribution in [2.24, 2.45) is 11.8 Å². The van der Waals surface area contributed by atoms with Crippen molar-refractivity contribution >= 4 is 0 Å². The third-order valence-corrected chi connectivity index (χ3v) is 9.78. The van der Waals surface area contributed by atoms with Crippen LogP contribution in [0.25, 0.3) is 0 Å². The zero-order chi connectivity index (χ0) is 25.5. The molecule has 2 aromatic rings. The Bertz CT molecular complexity index is 922. The van der Waals surface area contributed by atoms with Crippen molar-refractivity contribution in [1.29, 1.82) is 0 Å². The minimum absolute atomic E-state index is 0.290. The van der Waals surface area contributed by atoms with Crippen LogP contribution in [0.2, 0.25) is 0 Å². The van der Waals surface area contributed by atoms with Gasteiger partial charge in [-0.3, -0.25) is 4.90 Å². The quantitative estimate of drug-likeness (QED) is 0.449. The van der Waals surface area contributed by atoms with E-state index in [4.69, 9.17) is 0 Å². The minimum atomic E-state index is -0.505. The van der Waals surface area contributed by atoms with Crippen molar-refractivity contribution in [1.82, 2.24) is 9.80 Å². The molecular weight excluding hydrogens is 456 g/mol. The number of piperidine rings is 1. The zero-order valence-corrected chi connectivity index (χ0v) is 22.7. The van der Waals surface area contributed by atoms with Gasteiger partial charge in [0, 0.05) is 44.7 Å². The normalized spacial score (nSPS) is 26.3. The summed E-state index contributed by atoms with van der Waals surface area (Å²) < 4.78 is 0. The Morgan fingerprint density at radius 2 is 1.54 bits per heavy atom. The molecule has 3 fully saturated rings. The molecular formula is C33H48N2O2. The first-order chi connectivity index (χ1) is 18.1. The molecule has 5 rings (SSSR count). The van der Waals surface area contributed by atoms with Crippen LogP contribution in [0.3, 0.4) is 0 Å². The summed E-state index contributed by atoms with van der Waals surface area (Å²) in [6.45, 7) is 5.52. The standard InChI is InChI=1S/C33H48N2O2/c36-26-32(29-16-8-3-9-17-29)35-24-30(31(25-35)28-14-6-2-7-15-28)23-34-21-19-33(37,20-22-34)18-10-13-27-11-4-1-5-12-27/h1-2,4-7,11-12,14-15,29-32,36-37H,3,8-10,13,16-26H2/t30-,31+,32+/m0/s1. The molecule has 2 aliphatic heterocycles. The zero-order valence-electron chi connectivity index (χ0n) is 22.7. The largest absolute Gasteiger partial charge is 0.395 e. The average Bonchev–Trinajstić information content (AvgIpc) is 3.35. The second-order valence-electron chi connectivity index (χ2n) is 12.2. The lowest BCUT2D eigenvalue weighted by Crippen LogP contribution is -2.47. The summed E-state index contributed by atoms with van der Waals surface area (Å²) in [6, 6.07) is 22.0. The monoisotopic (exact) mass is 504 g/mol. The Balaban J connectivity index is 1.17. The lowest BCUT2D eigenvalue weighted by atomic mass is 9.83. The highest BCUT2D eigenvalue weighted by Gasteiger charge is 2.41. The van der Waals surface area contributed by atoms with E-state index in [0.717, 1.165) is 64.8 Å². The summed E-state index contributed by atoms with van der Waals surface area (Å²) in [5, 5.41) is 21.7. The first kappa shape index (κ1) is 26.9. The van der Waals surface area contributed by atoms with Crippen molar-refractivity contribution in [3.05, 3.63) is 71.8 Å². The van der Waals surface area contributed by atoms with Gasteiger partial charge < -0.3 is 15.1 Å². The molecule has 0 bridgehead atoms. The summed E-state index contributed by atoms with van der Waals surface area (Å²) in [5.41, 5.74) is 2.31. The molecule has 0 amide bonds. The van der Waals surface area contributed by atoms with Gasteiger partial charge in [0.15, 0.2) is 0 Å². The molecule has 0 unspecified atom stereocenters. The lowest BCUT2D eigenvalue weighted by molar-refractivity contribution is -0.0318. The molecule has 0 aromatic heterocycles. The molecule has 0 spiro atoms. The molecule has 2 N–H and O–H groups in total. The number of aliphatic hydroxyl groups is 2. The molecule has 2 heterocycles. The molecule has 3 atom stereocenters. The number of aliphatic hydroxyl groups excluding tert-OH is 1. The van der Waals surface area contributed by atoms with Crippen molar-refractivity contribution in [3.8, 4) is 0 Å². The molecule has 1 saturated carbocycles. The highest BCUT2D eigenvalue weighted by Crippen LogP contribution is 2.39. The number of rotatable bonds is 10. The summed E-state index contributed by atoms with van der Waals surface area (Å²) in [5.74, 6) is 1.74. The molecule has 0 radical (unpaired) electrons. The molecule has 1 aliphatic carbocycles. The smallest absolute Gasteiger partial charge is 0.0672 e. The van der Waals surface area contributed by atoms with Crippen LogP contribution in [-0.2, 0) is 6.42 Å². The number of likely N-dealkylation sites (tertiary alicyclic amines) is 2. The average molecular weight is 505 g/mol. The van der Waals surface area contributed by atoms with E-state index in [0.29, 0.717) is 30.4 Å². The van der Waals surface area contributed by atoms with E-state index in [1.165, 1.54) is 43.2 Å². The fourth-order valence-corrected chi connectivity index (χ4v) is 7.52. The van der Waals surface area contributed by atoms with Crippen LogP contribution in [-0.4, -0.2) is 71.0 Å². The molecule has 202 valence electrons. The lowest BCUT2D eigenvalue weighted by Gasteiger charge is -2.40. The van der Waals surface area contributed by atoms with Crippen LogP contribution in [0.1, 0.15) is 74.8 Å². The SMILES string of the molecule is OC[C@H](C1CCCCC1)N1C[C@H](CN2CCC(O)(CCCc3ccccc3)CC2)[C@@H](c2ccccc2)C1. The van der Waals surface area contributed by atoms with E-state index in [-0.39, 0.29) is 0 Å². The van der Waals surface area contributed by atoms with Crippen molar-refractivity contribution in [3.63, 3.8) is 0 Å². The van der Waals surface area contributed by atoms with Crippen molar-refractivity contribution in [2.75, 3.05) is 39.3 Å². The van der Waals surface area contributed by atoms with Crippen LogP contribution in [0, 0.1) is 11.8 Å². The van der Waals surface area contributed by atoms with Gasteiger partial charge in [-0.25, -0.2) is 0 Å². The molecule has 4 nitrogen and oxygen atoms in total. The summed E-state index contributed by atoms with van der Waals surface area (Å²) in [6.07, 6.45) is 11.3. The van der Waals surface area contributed by atoms with Crippen molar-refractivity contribution < 1.29 is 10.2 Å². The van der Waals surface area contributed by atoms with Gasteiger partial charge in [0.05, 0.1) is 12.2 Å². The minimum Gasteiger partial charge on any atom is -0.395 e. The van der Waals surface area contributed by atoms with Gasteiger partial charge in [-0.1, -0.05) is 79.9 Å². The first-order valence-corrected chi connectivity index (χ1v) is 15.0. The van der Waals surface area contributed by atoms with Crippen LogP contribution < -0.4 is 0 Å². The van der Waals surface area contributed by atoms with Crippen LogP contribution in [0.15, 0.2) is 60.7 Å². The maximum Gasteiger partial charge on any atom is 0.0672 e. The number of benzene rings is 2. The molecule has 4 heteroatoms. The van der Waals surface area contributed by atoms with Crippen molar-refractivity contribution in [2.45, 2.75) is 81.8 Å². The fraction of sp³-hybridized carbons (Fsp3) is 0.636. The first-order valence-electron chi connectivity index (χ1n) is 15.0. The maximum absolute atomic E-state index is 11.3. The Kier molecular flexibility index (Phi) is 9.36. The number of hydrogen-bond acceptors (Lipinski definition) is 4. The molecule has 2 aromatic carbocycles. The predicted molar refractivity (Wildman–Crippen MR) is 152 cm³/mol.